The van der Waals surface area contributed by atoms with Crippen molar-refractivity contribution in [3.63, 3.8) is 0 Å². The highest BCUT2D eigenvalue weighted by atomic mass is 15.2. The van der Waals surface area contributed by atoms with Crippen molar-refractivity contribution in [3.05, 3.63) is 11.4 Å². The summed E-state index contributed by atoms with van der Waals surface area (Å²) in [5.41, 5.74) is 1.02. The number of anilines is 2. The molecule has 104 valence electrons. The van der Waals surface area contributed by atoms with E-state index in [1.165, 1.54) is 0 Å². The van der Waals surface area contributed by atoms with Gasteiger partial charge >= 0.3 is 0 Å². The van der Waals surface area contributed by atoms with E-state index in [1.807, 2.05) is 32.8 Å². The second-order valence-electron chi connectivity index (χ2n) is 4.85. The number of hydrogen-bond donors (Lipinski definition) is 1. The Morgan fingerprint density at radius 3 is 2.63 bits per heavy atom. The number of aromatic nitrogens is 2. The number of rotatable bonds is 6. The molecule has 1 heterocycles. The average molecular weight is 261 g/mol. The first-order valence-corrected chi connectivity index (χ1v) is 6.69. The van der Waals surface area contributed by atoms with Crippen molar-refractivity contribution < 1.29 is 0 Å². The van der Waals surface area contributed by atoms with Crippen LogP contribution in [-0.2, 0) is 6.42 Å². The Morgan fingerprint density at radius 2 is 2.11 bits per heavy atom. The Kier molecular flexibility index (Phi) is 5.56. The van der Waals surface area contributed by atoms with Gasteiger partial charge in [-0.05, 0) is 20.3 Å². The van der Waals surface area contributed by atoms with Gasteiger partial charge in [0.2, 0.25) is 0 Å². The predicted molar refractivity (Wildman–Crippen MR) is 78.4 cm³/mol. The van der Waals surface area contributed by atoms with Crippen molar-refractivity contribution >= 4 is 11.6 Å². The zero-order chi connectivity index (χ0) is 14.4. The maximum absolute atomic E-state index is 8.92. The van der Waals surface area contributed by atoms with E-state index in [4.69, 9.17) is 5.26 Å². The monoisotopic (exact) mass is 261 g/mol. The van der Waals surface area contributed by atoms with E-state index in [2.05, 4.69) is 28.3 Å². The highest BCUT2D eigenvalue weighted by molar-refractivity contribution is 5.58. The van der Waals surface area contributed by atoms with E-state index in [0.29, 0.717) is 6.54 Å². The number of nitrogens with one attached hydrogen (secondary N) is 1. The summed E-state index contributed by atoms with van der Waals surface area (Å²) < 4.78 is 0. The summed E-state index contributed by atoms with van der Waals surface area (Å²) in [5, 5.41) is 12.0. The fourth-order valence-corrected chi connectivity index (χ4v) is 2.04. The van der Waals surface area contributed by atoms with Crippen molar-refractivity contribution in [2.24, 2.45) is 5.92 Å². The second-order valence-corrected chi connectivity index (χ2v) is 4.85. The Labute approximate surface area is 115 Å². The van der Waals surface area contributed by atoms with Crippen LogP contribution in [0.3, 0.4) is 0 Å². The van der Waals surface area contributed by atoms with Gasteiger partial charge in [0.05, 0.1) is 12.0 Å². The Bertz CT molecular complexity index is 464. The van der Waals surface area contributed by atoms with Crippen molar-refractivity contribution in [2.75, 3.05) is 30.9 Å². The van der Waals surface area contributed by atoms with Gasteiger partial charge in [-0.1, -0.05) is 6.92 Å². The molecule has 1 aromatic rings. The Hall–Kier alpha value is -1.83. The summed E-state index contributed by atoms with van der Waals surface area (Å²) in [6.07, 6.45) is 1.88. The van der Waals surface area contributed by atoms with E-state index in [-0.39, 0.29) is 5.92 Å². The smallest absolute Gasteiger partial charge is 0.137 e. The SMILES string of the molecule is CCCc1nc(NC)c(C)c(N(C)CC(C)C#N)n1. The minimum absolute atomic E-state index is 0.0213. The molecule has 5 heteroatoms. The molecule has 1 N–H and O–H groups in total. The summed E-state index contributed by atoms with van der Waals surface area (Å²) in [7, 11) is 3.84. The van der Waals surface area contributed by atoms with Gasteiger partial charge in [-0.2, -0.15) is 5.26 Å². The Morgan fingerprint density at radius 1 is 1.42 bits per heavy atom. The van der Waals surface area contributed by atoms with Crippen LogP contribution in [0.4, 0.5) is 11.6 Å². The third-order valence-corrected chi connectivity index (χ3v) is 3.01. The highest BCUT2D eigenvalue weighted by Crippen LogP contribution is 2.23. The van der Waals surface area contributed by atoms with E-state index in [9.17, 15) is 0 Å². The number of nitrogens with zero attached hydrogens (tertiary/aromatic N) is 4. The number of hydrogen-bond acceptors (Lipinski definition) is 5. The van der Waals surface area contributed by atoms with Crippen molar-refractivity contribution in [1.29, 1.82) is 5.26 Å². The first-order chi connectivity index (χ1) is 9.03. The minimum Gasteiger partial charge on any atom is -0.373 e. The lowest BCUT2D eigenvalue weighted by Gasteiger charge is -2.23. The molecule has 0 bridgehead atoms. The molecule has 0 aliphatic carbocycles. The van der Waals surface area contributed by atoms with Gasteiger partial charge in [0.15, 0.2) is 0 Å². The zero-order valence-corrected chi connectivity index (χ0v) is 12.5. The maximum atomic E-state index is 8.92. The zero-order valence-electron chi connectivity index (χ0n) is 12.5. The molecule has 5 nitrogen and oxygen atoms in total. The molecular formula is C14H23N5. The molecule has 0 aliphatic rings. The third kappa shape index (κ3) is 3.82. The first-order valence-electron chi connectivity index (χ1n) is 6.69. The van der Waals surface area contributed by atoms with Crippen molar-refractivity contribution in [1.82, 2.24) is 9.97 Å². The second kappa shape index (κ2) is 6.93. The molecule has 0 saturated heterocycles. The van der Waals surface area contributed by atoms with Gasteiger partial charge in [0.25, 0.3) is 0 Å². The summed E-state index contributed by atoms with van der Waals surface area (Å²) in [4.78, 5) is 11.2. The fraction of sp³-hybridized carbons (Fsp3) is 0.643. The van der Waals surface area contributed by atoms with Crippen LogP contribution in [0, 0.1) is 24.2 Å². The molecule has 0 spiro atoms. The van der Waals surface area contributed by atoms with Gasteiger partial charge in [-0.3, -0.25) is 0 Å². The molecule has 1 aromatic heterocycles. The first kappa shape index (κ1) is 15.2. The van der Waals surface area contributed by atoms with Gasteiger partial charge in [0.1, 0.15) is 17.5 Å². The molecule has 1 rings (SSSR count). The third-order valence-electron chi connectivity index (χ3n) is 3.01. The summed E-state index contributed by atoms with van der Waals surface area (Å²) in [6.45, 7) is 6.70. The molecule has 0 amide bonds. The van der Waals surface area contributed by atoms with Crippen molar-refractivity contribution in [2.45, 2.75) is 33.6 Å². The standard InChI is InChI=1S/C14H23N5/c1-6-7-12-17-13(16-4)11(3)14(18-12)19(5)9-10(2)8-15/h10H,6-7,9H2,1-5H3,(H,16,17,18). The van der Waals surface area contributed by atoms with Gasteiger partial charge in [0, 0.05) is 32.6 Å². The van der Waals surface area contributed by atoms with Crippen molar-refractivity contribution in [3.8, 4) is 6.07 Å². The lowest BCUT2D eigenvalue weighted by atomic mass is 10.2. The summed E-state index contributed by atoms with van der Waals surface area (Å²) >= 11 is 0. The van der Waals surface area contributed by atoms with Crippen LogP contribution >= 0.6 is 0 Å². The van der Waals surface area contributed by atoms with Gasteiger partial charge in [-0.15, -0.1) is 0 Å². The normalized spacial score (nSPS) is 11.8. The minimum atomic E-state index is -0.0213. The quantitative estimate of drug-likeness (QED) is 0.851. The van der Waals surface area contributed by atoms with E-state index in [0.717, 1.165) is 35.9 Å². The Balaban J connectivity index is 3.10. The predicted octanol–water partition coefficient (Wildman–Crippen LogP) is 2.38. The highest BCUT2D eigenvalue weighted by Gasteiger charge is 2.15. The molecule has 1 unspecified atom stereocenters. The van der Waals surface area contributed by atoms with Crippen LogP contribution < -0.4 is 10.2 Å². The molecule has 0 radical (unpaired) electrons. The molecule has 0 fully saturated rings. The summed E-state index contributed by atoms with van der Waals surface area (Å²) in [6, 6.07) is 2.25. The van der Waals surface area contributed by atoms with E-state index in [1.54, 1.807) is 0 Å². The molecule has 0 aromatic carbocycles. The topological polar surface area (TPSA) is 64.8 Å². The fourth-order valence-electron chi connectivity index (χ4n) is 2.04. The van der Waals surface area contributed by atoms with Crippen LogP contribution in [0.15, 0.2) is 0 Å². The molecule has 1 atom stereocenters. The van der Waals surface area contributed by atoms with Crippen LogP contribution in [0.1, 0.15) is 31.7 Å². The van der Waals surface area contributed by atoms with E-state index >= 15 is 0 Å². The average Bonchev–Trinajstić information content (AvgIpc) is 2.40. The molecular weight excluding hydrogens is 238 g/mol. The molecule has 0 saturated carbocycles. The maximum Gasteiger partial charge on any atom is 0.137 e. The van der Waals surface area contributed by atoms with E-state index < -0.39 is 0 Å². The van der Waals surface area contributed by atoms with Crippen LogP contribution in [0.5, 0.6) is 0 Å². The summed E-state index contributed by atoms with van der Waals surface area (Å²) in [5.74, 6) is 2.60. The van der Waals surface area contributed by atoms with Crippen LogP contribution in [0.25, 0.3) is 0 Å². The number of aryl methyl sites for hydroxylation is 1. The van der Waals surface area contributed by atoms with Crippen LogP contribution in [-0.4, -0.2) is 30.6 Å². The van der Waals surface area contributed by atoms with Gasteiger partial charge in [-0.25, -0.2) is 9.97 Å². The van der Waals surface area contributed by atoms with Crippen LogP contribution in [0.2, 0.25) is 0 Å². The largest absolute Gasteiger partial charge is 0.373 e. The molecule has 19 heavy (non-hydrogen) atoms. The molecule has 0 aliphatic heterocycles. The van der Waals surface area contributed by atoms with Gasteiger partial charge < -0.3 is 10.2 Å². The lowest BCUT2D eigenvalue weighted by Crippen LogP contribution is -2.26. The lowest BCUT2D eigenvalue weighted by molar-refractivity contribution is 0.703. The number of nitriles is 1.